The number of esters is 1. The van der Waals surface area contributed by atoms with Crippen LogP contribution in [0, 0.1) is 12.7 Å². The Morgan fingerprint density at radius 2 is 2.17 bits per heavy atom. The lowest BCUT2D eigenvalue weighted by Gasteiger charge is -2.37. The maximum Gasteiger partial charge on any atom is 0.356 e. The minimum absolute atomic E-state index is 0.0682. The highest BCUT2D eigenvalue weighted by Crippen LogP contribution is 2.34. The minimum atomic E-state index is -0.392. The Kier molecular flexibility index (Phi) is 4.51. The van der Waals surface area contributed by atoms with Gasteiger partial charge >= 0.3 is 5.97 Å². The number of carbonyl (C=O) groups excluding carboxylic acids is 1. The molecule has 0 fully saturated rings. The first-order valence-electron chi connectivity index (χ1n) is 8.19. The molecule has 0 N–H and O–H groups in total. The molecule has 0 radical (unpaired) electrons. The lowest BCUT2D eigenvalue weighted by Crippen LogP contribution is -2.34. The number of hydrogen-bond donors (Lipinski definition) is 0. The molecule has 0 aliphatic carbocycles. The SMILES string of the molecule is CCOC(=O)c1cc2c(cn1)[C@H](C)N(c1cc(C)cc(F)c1)CC2. The number of halogens is 1. The summed E-state index contributed by atoms with van der Waals surface area (Å²) in [5.41, 5.74) is 4.29. The van der Waals surface area contributed by atoms with E-state index in [0.29, 0.717) is 12.3 Å². The molecule has 126 valence electrons. The van der Waals surface area contributed by atoms with Crippen molar-refractivity contribution in [1.29, 1.82) is 0 Å². The summed E-state index contributed by atoms with van der Waals surface area (Å²) in [6.45, 7) is 6.84. The zero-order chi connectivity index (χ0) is 17.3. The summed E-state index contributed by atoms with van der Waals surface area (Å²) >= 11 is 0. The van der Waals surface area contributed by atoms with Crippen LogP contribution in [0.5, 0.6) is 0 Å². The topological polar surface area (TPSA) is 42.4 Å². The van der Waals surface area contributed by atoms with E-state index in [1.54, 1.807) is 19.2 Å². The summed E-state index contributed by atoms with van der Waals surface area (Å²) in [6.07, 6.45) is 2.52. The zero-order valence-corrected chi connectivity index (χ0v) is 14.2. The van der Waals surface area contributed by atoms with Crippen molar-refractivity contribution in [3.05, 3.63) is 58.7 Å². The van der Waals surface area contributed by atoms with Crippen molar-refractivity contribution in [2.75, 3.05) is 18.1 Å². The fraction of sp³-hybridized carbons (Fsp3) is 0.368. The largest absolute Gasteiger partial charge is 0.461 e. The lowest BCUT2D eigenvalue weighted by atomic mass is 9.94. The van der Waals surface area contributed by atoms with E-state index in [1.165, 1.54) is 6.07 Å². The number of pyridine rings is 1. The van der Waals surface area contributed by atoms with Crippen LogP contribution < -0.4 is 4.90 Å². The second-order valence-corrected chi connectivity index (χ2v) is 6.09. The molecule has 1 aliphatic heterocycles. The fourth-order valence-electron chi connectivity index (χ4n) is 3.25. The van der Waals surface area contributed by atoms with Gasteiger partial charge in [0.05, 0.1) is 12.6 Å². The third kappa shape index (κ3) is 3.11. The maximum atomic E-state index is 13.7. The predicted molar refractivity (Wildman–Crippen MR) is 90.8 cm³/mol. The normalized spacial score (nSPS) is 16.7. The molecule has 2 aromatic rings. The van der Waals surface area contributed by atoms with E-state index in [0.717, 1.165) is 35.3 Å². The van der Waals surface area contributed by atoms with E-state index in [-0.39, 0.29) is 11.9 Å². The van der Waals surface area contributed by atoms with Gasteiger partial charge in [0.15, 0.2) is 0 Å². The van der Waals surface area contributed by atoms with Crippen molar-refractivity contribution in [2.45, 2.75) is 33.2 Å². The Morgan fingerprint density at radius 3 is 2.88 bits per heavy atom. The highest BCUT2D eigenvalue weighted by atomic mass is 19.1. The Hall–Kier alpha value is -2.43. The fourth-order valence-corrected chi connectivity index (χ4v) is 3.25. The van der Waals surface area contributed by atoms with Crippen molar-refractivity contribution >= 4 is 11.7 Å². The van der Waals surface area contributed by atoms with Crippen molar-refractivity contribution < 1.29 is 13.9 Å². The Morgan fingerprint density at radius 1 is 1.38 bits per heavy atom. The quantitative estimate of drug-likeness (QED) is 0.803. The molecular formula is C19H21FN2O2. The van der Waals surface area contributed by atoms with Gasteiger partial charge in [-0.25, -0.2) is 14.2 Å². The molecule has 0 saturated heterocycles. The van der Waals surface area contributed by atoms with Crippen molar-refractivity contribution in [3.8, 4) is 0 Å². The van der Waals surface area contributed by atoms with Gasteiger partial charge in [0, 0.05) is 18.4 Å². The molecule has 0 unspecified atom stereocenters. The maximum absolute atomic E-state index is 13.7. The molecule has 0 saturated carbocycles. The average molecular weight is 328 g/mol. The second-order valence-electron chi connectivity index (χ2n) is 6.09. The summed E-state index contributed by atoms with van der Waals surface area (Å²) in [5, 5.41) is 0. The number of rotatable bonds is 3. The van der Waals surface area contributed by atoms with Crippen LogP contribution in [0.1, 0.15) is 47.1 Å². The van der Waals surface area contributed by atoms with Gasteiger partial charge in [-0.15, -0.1) is 0 Å². The third-order valence-electron chi connectivity index (χ3n) is 4.41. The number of anilines is 1. The number of nitrogens with zero attached hydrogens (tertiary/aromatic N) is 2. The Balaban J connectivity index is 1.90. The Labute approximate surface area is 141 Å². The van der Waals surface area contributed by atoms with E-state index >= 15 is 0 Å². The molecule has 0 bridgehead atoms. The highest BCUT2D eigenvalue weighted by Gasteiger charge is 2.26. The smallest absolute Gasteiger partial charge is 0.356 e. The van der Waals surface area contributed by atoms with Gasteiger partial charge in [-0.05, 0) is 68.1 Å². The van der Waals surface area contributed by atoms with Crippen LogP contribution in [0.4, 0.5) is 10.1 Å². The van der Waals surface area contributed by atoms with Crippen LogP contribution >= 0.6 is 0 Å². The summed E-state index contributed by atoms with van der Waals surface area (Å²) in [7, 11) is 0. The molecule has 1 aromatic heterocycles. The highest BCUT2D eigenvalue weighted by molar-refractivity contribution is 5.87. The van der Waals surface area contributed by atoms with Gasteiger partial charge in [-0.3, -0.25) is 0 Å². The first-order valence-corrected chi connectivity index (χ1v) is 8.19. The number of aryl methyl sites for hydroxylation is 1. The summed E-state index contributed by atoms with van der Waals surface area (Å²) < 4.78 is 18.7. The number of hydrogen-bond acceptors (Lipinski definition) is 4. The first kappa shape index (κ1) is 16.4. The van der Waals surface area contributed by atoms with Gasteiger partial charge in [0.1, 0.15) is 11.5 Å². The van der Waals surface area contributed by atoms with Gasteiger partial charge in [0.2, 0.25) is 0 Å². The van der Waals surface area contributed by atoms with E-state index in [1.807, 2.05) is 19.1 Å². The molecule has 4 nitrogen and oxygen atoms in total. The molecule has 3 rings (SSSR count). The summed E-state index contributed by atoms with van der Waals surface area (Å²) in [5.74, 6) is -0.616. The monoisotopic (exact) mass is 328 g/mol. The molecule has 2 heterocycles. The minimum Gasteiger partial charge on any atom is -0.461 e. The molecule has 1 aromatic carbocycles. The standard InChI is InChI=1S/C19H21FN2O2/c1-4-24-19(23)18-9-14-5-6-22(13(3)17(14)11-21-18)16-8-12(2)7-15(20)10-16/h7-11,13H,4-6H2,1-3H3/t13-/m0/s1. The van der Waals surface area contributed by atoms with Crippen molar-refractivity contribution in [1.82, 2.24) is 4.98 Å². The van der Waals surface area contributed by atoms with Crippen LogP contribution in [-0.4, -0.2) is 24.1 Å². The van der Waals surface area contributed by atoms with Gasteiger partial charge in [-0.1, -0.05) is 0 Å². The molecular weight excluding hydrogens is 307 g/mol. The average Bonchev–Trinajstić information content (AvgIpc) is 2.54. The van der Waals surface area contributed by atoms with E-state index in [4.69, 9.17) is 4.74 Å². The van der Waals surface area contributed by atoms with Crippen LogP contribution in [0.3, 0.4) is 0 Å². The zero-order valence-electron chi connectivity index (χ0n) is 14.2. The third-order valence-corrected chi connectivity index (χ3v) is 4.41. The number of carbonyl (C=O) groups is 1. The predicted octanol–water partition coefficient (Wildman–Crippen LogP) is 3.83. The van der Waals surface area contributed by atoms with Crippen molar-refractivity contribution in [3.63, 3.8) is 0 Å². The molecule has 0 amide bonds. The van der Waals surface area contributed by atoms with Crippen LogP contribution in [0.25, 0.3) is 0 Å². The van der Waals surface area contributed by atoms with Gasteiger partial charge < -0.3 is 9.64 Å². The molecule has 0 spiro atoms. The second kappa shape index (κ2) is 6.59. The van der Waals surface area contributed by atoms with Gasteiger partial charge in [-0.2, -0.15) is 0 Å². The van der Waals surface area contributed by atoms with Crippen LogP contribution in [0.2, 0.25) is 0 Å². The summed E-state index contributed by atoms with van der Waals surface area (Å²) in [6, 6.07) is 6.97. The van der Waals surface area contributed by atoms with Crippen molar-refractivity contribution in [2.24, 2.45) is 0 Å². The molecule has 1 atom stereocenters. The van der Waals surface area contributed by atoms with Gasteiger partial charge in [0.25, 0.3) is 0 Å². The summed E-state index contributed by atoms with van der Waals surface area (Å²) in [4.78, 5) is 18.3. The first-order chi connectivity index (χ1) is 11.5. The lowest BCUT2D eigenvalue weighted by molar-refractivity contribution is 0.0519. The number of fused-ring (bicyclic) bond motifs is 1. The number of benzene rings is 1. The molecule has 1 aliphatic rings. The molecule has 24 heavy (non-hydrogen) atoms. The molecule has 5 heteroatoms. The van der Waals surface area contributed by atoms with Crippen LogP contribution in [0.15, 0.2) is 30.5 Å². The number of aromatic nitrogens is 1. The van der Waals surface area contributed by atoms with Crippen LogP contribution in [-0.2, 0) is 11.2 Å². The van der Waals surface area contributed by atoms with E-state index < -0.39 is 5.97 Å². The van der Waals surface area contributed by atoms with E-state index in [9.17, 15) is 9.18 Å². The number of ether oxygens (including phenoxy) is 1. The Bertz CT molecular complexity index is 756. The van der Waals surface area contributed by atoms with E-state index in [2.05, 4.69) is 16.8 Å².